The number of amides is 2. The summed E-state index contributed by atoms with van der Waals surface area (Å²) >= 11 is 7.09. The lowest BCUT2D eigenvalue weighted by molar-refractivity contribution is -0.151. The summed E-state index contributed by atoms with van der Waals surface area (Å²) in [6, 6.07) is 22.8. The summed E-state index contributed by atoms with van der Waals surface area (Å²) in [4.78, 5) is 49.1. The van der Waals surface area contributed by atoms with Crippen LogP contribution in [0.5, 0.6) is 0 Å². The fraction of sp³-hybridized carbons (Fsp3) is 0.500. The van der Waals surface area contributed by atoms with Crippen molar-refractivity contribution in [2.75, 3.05) is 16.0 Å². The number of carbonyl (C=O) groups is 4. The van der Waals surface area contributed by atoms with Crippen LogP contribution in [0.1, 0.15) is 114 Å². The van der Waals surface area contributed by atoms with Gasteiger partial charge < -0.3 is 26.2 Å². The average Bonchev–Trinajstić information content (AvgIpc) is 3.95. The van der Waals surface area contributed by atoms with Gasteiger partial charge in [-0.3, -0.25) is 9.59 Å². The molecule has 3 aromatic rings. The van der Waals surface area contributed by atoms with E-state index in [-0.39, 0.29) is 33.8 Å². The van der Waals surface area contributed by atoms with Gasteiger partial charge in [0.05, 0.1) is 10.7 Å². The van der Waals surface area contributed by atoms with Crippen molar-refractivity contribution in [1.82, 2.24) is 0 Å². The molecule has 4 unspecified atom stereocenters. The fourth-order valence-electron chi connectivity index (χ4n) is 15.6. The van der Waals surface area contributed by atoms with Crippen LogP contribution in [0.2, 0.25) is 5.02 Å². The van der Waals surface area contributed by atoms with Crippen LogP contribution >= 0.6 is 11.6 Å². The first kappa shape index (κ1) is 39.9. The molecule has 5 N–H and O–H groups in total. The third kappa shape index (κ3) is 6.79. The molecule has 9 nitrogen and oxygen atoms in total. The summed E-state index contributed by atoms with van der Waals surface area (Å²) in [5.41, 5.74) is 7.57. The van der Waals surface area contributed by atoms with Gasteiger partial charge in [-0.25, -0.2) is 9.59 Å². The van der Waals surface area contributed by atoms with E-state index in [9.17, 15) is 29.4 Å². The molecule has 8 fully saturated rings. The Morgan fingerprint density at radius 3 is 1.37 bits per heavy atom. The van der Waals surface area contributed by atoms with Gasteiger partial charge in [-0.05, 0) is 221 Å². The summed E-state index contributed by atoms with van der Waals surface area (Å²) in [5.74, 6) is 3.74. The van der Waals surface area contributed by atoms with Crippen molar-refractivity contribution in [2.24, 2.45) is 47.3 Å². The minimum absolute atomic E-state index is 0.193. The van der Waals surface area contributed by atoms with Crippen molar-refractivity contribution >= 4 is 58.1 Å². The molecular formula is C52H56ClN3O6. The maximum absolute atomic E-state index is 13.0. The summed E-state index contributed by atoms with van der Waals surface area (Å²) in [6.45, 7) is 0. The minimum atomic E-state index is -1.01. The molecular weight excluding hydrogens is 798 g/mol. The zero-order valence-corrected chi connectivity index (χ0v) is 35.9. The van der Waals surface area contributed by atoms with Gasteiger partial charge in [0.2, 0.25) is 0 Å². The van der Waals surface area contributed by atoms with Crippen LogP contribution in [0.25, 0.3) is 0 Å². The highest BCUT2D eigenvalue weighted by molar-refractivity contribution is 6.33. The van der Waals surface area contributed by atoms with Gasteiger partial charge in [0.25, 0.3) is 11.8 Å². The zero-order chi connectivity index (χ0) is 42.5. The van der Waals surface area contributed by atoms with E-state index in [1.54, 1.807) is 0 Å². The number of carboxylic acid groups (broad SMARTS) is 2. The summed E-state index contributed by atoms with van der Waals surface area (Å²) in [5, 5.41) is 29.1. The van der Waals surface area contributed by atoms with E-state index in [2.05, 4.69) is 46.3 Å². The molecule has 0 spiro atoms. The fourth-order valence-corrected chi connectivity index (χ4v) is 15.8. The lowest BCUT2D eigenvalue weighted by atomic mass is 9.37. The summed E-state index contributed by atoms with van der Waals surface area (Å²) < 4.78 is 0. The topological polar surface area (TPSA) is 145 Å². The van der Waals surface area contributed by atoms with Crippen LogP contribution in [-0.2, 0) is 30.0 Å². The second kappa shape index (κ2) is 15.1. The first-order valence-electron chi connectivity index (χ1n) is 23.3. The van der Waals surface area contributed by atoms with Gasteiger partial charge in [-0.15, -0.1) is 0 Å². The lowest BCUT2D eigenvalue weighted by Gasteiger charge is -2.68. The SMILES string of the molecule is O=C(O)C1=C(C(=O)Nc2ccc(Nc3ccc(C45CC6CC(C4)C(C4C7CC8CC4CC(c4ccc(NC(=O)C9=C(C(=O)O)CCC9)cc4)(C8)C7)C(C6)C5)cc3Cl)cc2)CCC1. The smallest absolute Gasteiger partial charge is 0.332 e. The summed E-state index contributed by atoms with van der Waals surface area (Å²) in [6.07, 6.45) is 16.5. The Kier molecular flexibility index (Phi) is 9.75. The number of halogens is 1. The van der Waals surface area contributed by atoms with Crippen LogP contribution < -0.4 is 16.0 Å². The molecule has 322 valence electrons. The number of nitrogens with one attached hydrogen (secondary N) is 3. The van der Waals surface area contributed by atoms with E-state index in [0.29, 0.717) is 55.4 Å². The van der Waals surface area contributed by atoms with Crippen molar-refractivity contribution in [3.05, 3.63) is 105 Å². The molecule has 8 bridgehead atoms. The highest BCUT2D eigenvalue weighted by Crippen LogP contribution is 2.71. The molecule has 0 heterocycles. The Balaban J connectivity index is 0.753. The maximum Gasteiger partial charge on any atom is 0.332 e. The van der Waals surface area contributed by atoms with Crippen molar-refractivity contribution in [3.63, 3.8) is 0 Å². The molecule has 4 atom stereocenters. The average molecular weight is 854 g/mol. The number of hydrogen-bond acceptors (Lipinski definition) is 5. The Morgan fingerprint density at radius 1 is 0.516 bits per heavy atom. The van der Waals surface area contributed by atoms with Crippen LogP contribution in [0.3, 0.4) is 0 Å². The maximum atomic E-state index is 13.0. The highest BCUT2D eigenvalue weighted by Gasteiger charge is 2.63. The van der Waals surface area contributed by atoms with Crippen molar-refractivity contribution in [1.29, 1.82) is 0 Å². The molecule has 2 amide bonds. The molecule has 10 aliphatic rings. The number of fused-ring (bicyclic) bond motifs is 1. The van der Waals surface area contributed by atoms with Gasteiger partial charge >= 0.3 is 11.9 Å². The number of benzene rings is 3. The largest absolute Gasteiger partial charge is 0.478 e. The van der Waals surface area contributed by atoms with Gasteiger partial charge in [-0.2, -0.15) is 0 Å². The number of carbonyl (C=O) groups excluding carboxylic acids is 2. The first-order chi connectivity index (χ1) is 29.9. The molecule has 8 saturated carbocycles. The summed E-state index contributed by atoms with van der Waals surface area (Å²) in [7, 11) is 0. The first-order valence-corrected chi connectivity index (χ1v) is 23.6. The van der Waals surface area contributed by atoms with E-state index in [4.69, 9.17) is 11.6 Å². The highest BCUT2D eigenvalue weighted by atomic mass is 35.5. The third-order valence-corrected chi connectivity index (χ3v) is 17.7. The van der Waals surface area contributed by atoms with E-state index < -0.39 is 11.9 Å². The number of rotatable bonds is 11. The Morgan fingerprint density at radius 2 is 0.919 bits per heavy atom. The van der Waals surface area contributed by atoms with Gasteiger partial charge in [0.1, 0.15) is 0 Å². The predicted octanol–water partition coefficient (Wildman–Crippen LogP) is 11.2. The molecule has 0 aliphatic heterocycles. The predicted molar refractivity (Wildman–Crippen MR) is 239 cm³/mol. The monoisotopic (exact) mass is 853 g/mol. The molecule has 62 heavy (non-hydrogen) atoms. The van der Waals surface area contributed by atoms with Crippen LogP contribution in [-0.4, -0.2) is 34.0 Å². The van der Waals surface area contributed by atoms with Crippen LogP contribution in [0.4, 0.5) is 22.7 Å². The number of aliphatic carboxylic acids is 2. The quantitative estimate of drug-likeness (QED) is 0.129. The molecule has 13 rings (SSSR count). The Hall–Kier alpha value is -4.89. The molecule has 0 saturated heterocycles. The second-order valence-corrected chi connectivity index (χ2v) is 21.2. The third-order valence-electron chi connectivity index (χ3n) is 17.4. The van der Waals surface area contributed by atoms with E-state index in [1.165, 1.54) is 75.3 Å². The molecule has 10 aliphatic carbocycles. The van der Waals surface area contributed by atoms with Gasteiger partial charge in [-0.1, -0.05) is 29.8 Å². The molecule has 0 aromatic heterocycles. The Labute approximate surface area is 368 Å². The van der Waals surface area contributed by atoms with Crippen molar-refractivity contribution in [3.8, 4) is 0 Å². The van der Waals surface area contributed by atoms with Gasteiger partial charge in [0, 0.05) is 39.4 Å². The minimum Gasteiger partial charge on any atom is -0.478 e. The molecule has 0 radical (unpaired) electrons. The van der Waals surface area contributed by atoms with Crippen LogP contribution in [0, 0.1) is 47.3 Å². The van der Waals surface area contributed by atoms with E-state index >= 15 is 0 Å². The second-order valence-electron chi connectivity index (χ2n) is 20.8. The van der Waals surface area contributed by atoms with E-state index in [1.807, 2.05) is 36.4 Å². The van der Waals surface area contributed by atoms with Gasteiger partial charge in [0.15, 0.2) is 0 Å². The van der Waals surface area contributed by atoms with Crippen molar-refractivity contribution in [2.45, 2.75) is 114 Å². The number of carboxylic acids is 2. The Bertz CT molecular complexity index is 2410. The number of anilines is 4. The zero-order valence-electron chi connectivity index (χ0n) is 35.2. The van der Waals surface area contributed by atoms with Crippen LogP contribution in [0.15, 0.2) is 89.0 Å². The molecule has 10 heteroatoms. The van der Waals surface area contributed by atoms with E-state index in [0.717, 1.165) is 69.4 Å². The normalized spacial score (nSPS) is 33.9. The standard InChI is InChI=1S/C52H56ClN3O6/c53-43-21-35(9-16-44(43)54-36-12-14-38(15-13-36)56-48(58)40-4-2-6-42(40)50(61)62)52-23-29-19-32(26-52)46(33(20-29)27-52)45-30-17-28-18-31(45)25-51(22-28,24-30)34-7-10-37(11-8-34)55-47(57)39-3-1-5-41(39)49(59)60/h7-16,21,28-33,45-46,54H,1-6,17-20,22-27H2,(H,55,57)(H,56,58)(H,59,60)(H,61,62). The molecule has 3 aromatic carbocycles. The van der Waals surface area contributed by atoms with Crippen molar-refractivity contribution < 1.29 is 29.4 Å². The lowest BCUT2D eigenvalue weighted by Crippen LogP contribution is -2.61. The number of hydrogen-bond donors (Lipinski definition) is 5.